The molecule has 2 aliphatic heterocycles. The number of pyridine rings is 1. The van der Waals surface area contributed by atoms with Crippen molar-refractivity contribution < 1.29 is 23.4 Å². The third-order valence-electron chi connectivity index (χ3n) is 11.0. The molecule has 3 aliphatic rings. The molecule has 4 atom stereocenters. The lowest BCUT2D eigenvalue weighted by Gasteiger charge is -2.39. The van der Waals surface area contributed by atoms with E-state index in [9.17, 15) is 0 Å². The molecule has 0 radical (unpaired) electrons. The molecule has 1 aromatic carbocycles. The van der Waals surface area contributed by atoms with Crippen LogP contribution in [0.25, 0.3) is 22.4 Å². The standard InChI is InChI=1S/C37H56ClN3O5SSi2/c1-37(2,3)49(8,9)46-31-22-44-33-30(21-43-34(31)33)45-36-39-29-20-28(38)32(40-35(29)41(36)23-42-18-19-48(5,6)7)26-12-10-24(11-13-26)25-14-16-27(47-4)17-15-25/h10-13,20,25,27,30-31,33-34H,14-19,21-23H2,1-9H3/t25?,27?,30-,31-,33-,34-/m1/s1. The van der Waals surface area contributed by atoms with Crippen LogP contribution in [0.15, 0.2) is 30.3 Å². The SMILES string of the molecule is CSC1CCC(c2ccc(-c3nc4c(cc3Cl)nc(O[C@@H]3CO[C@H]5[C@@H]3OC[C@H]5O[Si](C)(C)C(C)(C)C)n4COCC[Si](C)(C)C)cc2)CC1. The predicted molar refractivity (Wildman–Crippen MR) is 207 cm³/mol. The van der Waals surface area contributed by atoms with Crippen molar-refractivity contribution in [3.63, 3.8) is 0 Å². The van der Waals surface area contributed by atoms with Crippen LogP contribution in [0.5, 0.6) is 6.01 Å². The highest BCUT2D eigenvalue weighted by Crippen LogP contribution is 2.41. The lowest BCUT2D eigenvalue weighted by atomic mass is 9.83. The Labute approximate surface area is 304 Å². The molecule has 4 heterocycles. The van der Waals surface area contributed by atoms with Gasteiger partial charge in [0.05, 0.1) is 30.0 Å². The van der Waals surface area contributed by atoms with Gasteiger partial charge in [0.25, 0.3) is 0 Å². The van der Waals surface area contributed by atoms with Crippen LogP contribution in [0.2, 0.25) is 48.8 Å². The van der Waals surface area contributed by atoms with Crippen LogP contribution in [0, 0.1) is 0 Å². The highest BCUT2D eigenvalue weighted by Gasteiger charge is 2.52. The molecule has 0 N–H and O–H groups in total. The van der Waals surface area contributed by atoms with Gasteiger partial charge in [-0.1, -0.05) is 76.3 Å². The topological polar surface area (TPSA) is 76.9 Å². The van der Waals surface area contributed by atoms with Crippen molar-refractivity contribution in [2.75, 3.05) is 26.1 Å². The van der Waals surface area contributed by atoms with Crippen LogP contribution >= 0.6 is 23.4 Å². The van der Waals surface area contributed by atoms with Gasteiger partial charge in [-0.2, -0.15) is 16.7 Å². The van der Waals surface area contributed by atoms with Gasteiger partial charge in [0.15, 0.2) is 20.1 Å². The van der Waals surface area contributed by atoms with Crippen molar-refractivity contribution in [3.05, 3.63) is 40.9 Å². The van der Waals surface area contributed by atoms with Crippen LogP contribution in [0.1, 0.15) is 57.9 Å². The van der Waals surface area contributed by atoms with E-state index in [2.05, 4.69) is 84.0 Å². The first-order valence-corrected chi connectivity index (χ1v) is 26.3. The summed E-state index contributed by atoms with van der Waals surface area (Å²) >= 11 is 8.92. The first-order chi connectivity index (χ1) is 23.1. The van der Waals surface area contributed by atoms with Crippen molar-refractivity contribution in [1.29, 1.82) is 0 Å². The van der Waals surface area contributed by atoms with Crippen molar-refractivity contribution in [2.24, 2.45) is 0 Å². The predicted octanol–water partition coefficient (Wildman–Crippen LogP) is 9.39. The maximum absolute atomic E-state index is 6.91. The molecule has 270 valence electrons. The van der Waals surface area contributed by atoms with E-state index in [1.54, 1.807) is 0 Å². The van der Waals surface area contributed by atoms with E-state index in [0.717, 1.165) is 22.6 Å². The number of hydrogen-bond donors (Lipinski definition) is 0. The van der Waals surface area contributed by atoms with Gasteiger partial charge in [0, 0.05) is 25.5 Å². The highest BCUT2D eigenvalue weighted by atomic mass is 35.5. The lowest BCUT2D eigenvalue weighted by Crippen LogP contribution is -2.47. The molecule has 2 aromatic heterocycles. The second-order valence-electron chi connectivity index (χ2n) is 16.8. The van der Waals surface area contributed by atoms with Gasteiger partial charge in [-0.05, 0) is 73.7 Å². The van der Waals surface area contributed by atoms with Crippen LogP contribution in [0.3, 0.4) is 0 Å². The van der Waals surface area contributed by atoms with Crippen LogP contribution in [0.4, 0.5) is 0 Å². The summed E-state index contributed by atoms with van der Waals surface area (Å²) in [7, 11) is -3.26. The zero-order chi connectivity index (χ0) is 35.1. The number of halogens is 1. The largest absolute Gasteiger partial charge is 0.456 e. The van der Waals surface area contributed by atoms with Gasteiger partial charge in [-0.25, -0.2) is 4.98 Å². The molecule has 1 aliphatic carbocycles. The van der Waals surface area contributed by atoms with Gasteiger partial charge in [-0.3, -0.25) is 4.57 Å². The monoisotopic (exact) mass is 745 g/mol. The third kappa shape index (κ3) is 8.45. The molecule has 2 saturated heterocycles. The minimum Gasteiger partial charge on any atom is -0.456 e. The van der Waals surface area contributed by atoms with E-state index in [-0.39, 0.29) is 36.2 Å². The van der Waals surface area contributed by atoms with E-state index in [0.29, 0.717) is 47.9 Å². The number of imidazole rings is 1. The molecule has 3 fully saturated rings. The molecular formula is C37H56ClN3O5SSi2. The van der Waals surface area contributed by atoms with E-state index in [1.807, 2.05) is 22.4 Å². The van der Waals surface area contributed by atoms with Crippen molar-refractivity contribution in [2.45, 2.75) is 133 Å². The van der Waals surface area contributed by atoms with Crippen molar-refractivity contribution in [1.82, 2.24) is 14.5 Å². The summed E-state index contributed by atoms with van der Waals surface area (Å²) in [4.78, 5) is 10.0. The smallest absolute Gasteiger partial charge is 0.301 e. The van der Waals surface area contributed by atoms with Gasteiger partial charge < -0.3 is 23.4 Å². The Morgan fingerprint density at radius 1 is 0.939 bits per heavy atom. The Bertz CT molecular complexity index is 1580. The second-order valence-corrected chi connectivity index (χ2v) is 28.8. The normalized spacial score (nSPS) is 26.4. The van der Waals surface area contributed by atoms with Gasteiger partial charge in [0.1, 0.15) is 24.5 Å². The number of ether oxygens (including phenoxy) is 4. The molecule has 0 amide bonds. The summed E-state index contributed by atoms with van der Waals surface area (Å²) in [6, 6.07) is 12.2. The molecule has 0 spiro atoms. The number of fused-ring (bicyclic) bond motifs is 2. The molecule has 1 saturated carbocycles. The Balaban J connectivity index is 1.24. The molecule has 0 bridgehead atoms. The van der Waals surface area contributed by atoms with Gasteiger partial charge >= 0.3 is 6.01 Å². The molecule has 8 nitrogen and oxygen atoms in total. The summed E-state index contributed by atoms with van der Waals surface area (Å²) in [5, 5.41) is 1.46. The number of aromatic nitrogens is 3. The number of benzene rings is 1. The van der Waals surface area contributed by atoms with Crippen LogP contribution < -0.4 is 4.74 Å². The van der Waals surface area contributed by atoms with Crippen molar-refractivity contribution in [3.8, 4) is 17.3 Å². The summed E-state index contributed by atoms with van der Waals surface area (Å²) < 4.78 is 34.1. The zero-order valence-corrected chi connectivity index (χ0v) is 34.5. The number of rotatable bonds is 12. The highest BCUT2D eigenvalue weighted by molar-refractivity contribution is 7.99. The van der Waals surface area contributed by atoms with Crippen LogP contribution in [-0.2, 0) is 25.4 Å². The van der Waals surface area contributed by atoms with E-state index < -0.39 is 16.4 Å². The number of thioether (sulfide) groups is 1. The van der Waals surface area contributed by atoms with E-state index in [4.69, 9.17) is 44.9 Å². The summed E-state index contributed by atoms with van der Waals surface area (Å²) in [6.45, 7) is 20.2. The minimum atomic E-state index is -2.00. The first kappa shape index (κ1) is 37.3. The quantitative estimate of drug-likeness (QED) is 0.134. The average Bonchev–Trinajstić information content (AvgIpc) is 3.72. The van der Waals surface area contributed by atoms with Gasteiger partial charge in [0.2, 0.25) is 0 Å². The first-order valence-electron chi connectivity index (χ1n) is 18.0. The van der Waals surface area contributed by atoms with Crippen molar-refractivity contribution >= 4 is 50.9 Å². The molecule has 12 heteroatoms. The summed E-state index contributed by atoms with van der Waals surface area (Å²) in [6.07, 6.45) is 6.46. The Morgan fingerprint density at radius 2 is 1.59 bits per heavy atom. The Hall–Kier alpha value is -1.45. The van der Waals surface area contributed by atoms with Gasteiger partial charge in [-0.15, -0.1) is 0 Å². The molecular weight excluding hydrogens is 690 g/mol. The minimum absolute atomic E-state index is 0.0994. The Morgan fingerprint density at radius 3 is 2.22 bits per heavy atom. The fraction of sp³-hybridized carbons (Fsp3) is 0.676. The maximum Gasteiger partial charge on any atom is 0.301 e. The van der Waals surface area contributed by atoms with E-state index in [1.165, 1.54) is 31.2 Å². The molecule has 0 unspecified atom stereocenters. The summed E-state index contributed by atoms with van der Waals surface area (Å²) in [5.74, 6) is 0.620. The molecule has 49 heavy (non-hydrogen) atoms. The molecule has 3 aromatic rings. The van der Waals surface area contributed by atoms with E-state index >= 15 is 0 Å². The average molecular weight is 747 g/mol. The zero-order valence-electron chi connectivity index (χ0n) is 30.9. The second kappa shape index (κ2) is 14.9. The lowest BCUT2D eigenvalue weighted by molar-refractivity contribution is 0.00687. The fourth-order valence-corrected chi connectivity index (χ4v) is 9.88. The summed E-state index contributed by atoms with van der Waals surface area (Å²) in [5.41, 5.74) is 4.48. The number of nitrogens with zero attached hydrogens (tertiary/aromatic N) is 3. The maximum atomic E-state index is 6.91. The Kier molecular flexibility index (Phi) is 11.3. The third-order valence-corrected chi connectivity index (χ3v) is 18.6. The fourth-order valence-electron chi connectivity index (χ4n) is 6.81. The van der Waals surface area contributed by atoms with Crippen LogP contribution in [-0.4, -0.2) is 86.7 Å². The number of hydrogen-bond acceptors (Lipinski definition) is 8. The molecule has 6 rings (SSSR count).